The number of hydrogen-bond acceptors (Lipinski definition) is 2. The number of aryl methyl sites for hydroxylation is 1. The van der Waals surface area contributed by atoms with Gasteiger partial charge < -0.3 is 10.5 Å². The average molecular weight is 231 g/mol. The van der Waals surface area contributed by atoms with E-state index >= 15 is 0 Å². The van der Waals surface area contributed by atoms with Crippen LogP contribution in [0.2, 0.25) is 0 Å². The highest BCUT2D eigenvalue weighted by molar-refractivity contribution is 5.77. The van der Waals surface area contributed by atoms with E-state index in [2.05, 4.69) is 18.2 Å². The fourth-order valence-corrected chi connectivity index (χ4v) is 2.67. The molecular weight excluding hydrogens is 210 g/mol. The maximum Gasteiger partial charge on any atom is 0.123 e. The van der Waals surface area contributed by atoms with Crippen molar-refractivity contribution in [1.29, 1.82) is 0 Å². The molecule has 0 saturated carbocycles. The van der Waals surface area contributed by atoms with Crippen LogP contribution in [-0.4, -0.2) is 13.2 Å². The molecule has 0 atom stereocenters. The Hall–Kier alpha value is -1.28. The summed E-state index contributed by atoms with van der Waals surface area (Å²) in [5, 5.41) is 0. The van der Waals surface area contributed by atoms with E-state index in [4.69, 9.17) is 10.5 Å². The number of hydrogen-bond donors (Lipinski definition) is 1. The van der Waals surface area contributed by atoms with Gasteiger partial charge in [-0.2, -0.15) is 0 Å². The molecule has 1 aromatic carbocycles. The number of allylic oxidation sites excluding steroid dienone is 1. The lowest BCUT2D eigenvalue weighted by Crippen LogP contribution is -1.96. The van der Waals surface area contributed by atoms with Gasteiger partial charge in [-0.25, -0.2) is 0 Å². The molecule has 0 aromatic heterocycles. The third-order valence-electron chi connectivity index (χ3n) is 3.31. The molecule has 0 radical (unpaired) electrons. The fourth-order valence-electron chi connectivity index (χ4n) is 2.67. The Kier molecular flexibility index (Phi) is 3.85. The summed E-state index contributed by atoms with van der Waals surface area (Å²) in [5.41, 5.74) is 11.3. The van der Waals surface area contributed by atoms with Crippen LogP contribution in [-0.2, 0) is 12.8 Å². The van der Waals surface area contributed by atoms with Gasteiger partial charge in [-0.15, -0.1) is 0 Å². The minimum Gasteiger partial charge on any atom is -0.493 e. The van der Waals surface area contributed by atoms with Gasteiger partial charge in [-0.3, -0.25) is 0 Å². The van der Waals surface area contributed by atoms with Gasteiger partial charge in [0.25, 0.3) is 0 Å². The SMILES string of the molecule is CC.NC/C=C1\CCc2ccc3c(c21)CCO3. The van der Waals surface area contributed by atoms with E-state index < -0.39 is 0 Å². The second kappa shape index (κ2) is 5.37. The molecule has 1 aliphatic carbocycles. The van der Waals surface area contributed by atoms with Crippen molar-refractivity contribution in [2.45, 2.75) is 33.1 Å². The quantitative estimate of drug-likeness (QED) is 0.806. The topological polar surface area (TPSA) is 35.2 Å². The summed E-state index contributed by atoms with van der Waals surface area (Å²) in [6.07, 6.45) is 5.52. The van der Waals surface area contributed by atoms with E-state index in [1.807, 2.05) is 13.8 Å². The van der Waals surface area contributed by atoms with Crippen molar-refractivity contribution >= 4 is 5.57 Å². The molecular formula is C15H21NO. The van der Waals surface area contributed by atoms with Crippen LogP contribution in [0.15, 0.2) is 18.2 Å². The van der Waals surface area contributed by atoms with Crippen molar-refractivity contribution in [2.24, 2.45) is 5.73 Å². The van der Waals surface area contributed by atoms with Gasteiger partial charge in [0.1, 0.15) is 5.75 Å². The summed E-state index contributed by atoms with van der Waals surface area (Å²) in [5.74, 6) is 1.08. The molecule has 2 N–H and O–H groups in total. The molecule has 1 aromatic rings. The van der Waals surface area contributed by atoms with Gasteiger partial charge in [-0.1, -0.05) is 26.0 Å². The van der Waals surface area contributed by atoms with E-state index in [0.717, 1.165) is 31.6 Å². The first-order chi connectivity index (χ1) is 8.40. The zero-order chi connectivity index (χ0) is 12.3. The van der Waals surface area contributed by atoms with Crippen LogP contribution in [0.5, 0.6) is 5.75 Å². The Morgan fingerprint density at radius 2 is 2.06 bits per heavy atom. The Labute approximate surface area is 103 Å². The summed E-state index contributed by atoms with van der Waals surface area (Å²) < 4.78 is 5.59. The monoisotopic (exact) mass is 231 g/mol. The third kappa shape index (κ3) is 2.09. The first-order valence-corrected chi connectivity index (χ1v) is 6.57. The van der Waals surface area contributed by atoms with Crippen LogP contribution < -0.4 is 10.5 Å². The molecule has 1 heterocycles. The number of nitrogens with two attached hydrogens (primary N) is 1. The molecule has 0 bridgehead atoms. The van der Waals surface area contributed by atoms with Crippen LogP contribution in [0.4, 0.5) is 0 Å². The van der Waals surface area contributed by atoms with E-state index in [9.17, 15) is 0 Å². The zero-order valence-corrected chi connectivity index (χ0v) is 10.8. The van der Waals surface area contributed by atoms with Crippen molar-refractivity contribution < 1.29 is 4.74 Å². The minimum atomic E-state index is 0.638. The molecule has 17 heavy (non-hydrogen) atoms. The molecule has 2 aliphatic rings. The minimum absolute atomic E-state index is 0.638. The van der Waals surface area contributed by atoms with E-state index in [1.54, 1.807) is 0 Å². The molecule has 2 heteroatoms. The maximum absolute atomic E-state index is 5.60. The van der Waals surface area contributed by atoms with E-state index in [-0.39, 0.29) is 0 Å². The lowest BCUT2D eigenvalue weighted by atomic mass is 9.98. The van der Waals surface area contributed by atoms with Crippen LogP contribution in [0.3, 0.4) is 0 Å². The van der Waals surface area contributed by atoms with Crippen LogP contribution in [0.1, 0.15) is 37.0 Å². The van der Waals surface area contributed by atoms with Crippen molar-refractivity contribution in [3.05, 3.63) is 34.9 Å². The molecule has 0 saturated heterocycles. The number of ether oxygens (including phenoxy) is 1. The predicted octanol–water partition coefficient (Wildman–Crippen LogP) is 2.94. The van der Waals surface area contributed by atoms with Crippen molar-refractivity contribution in [3.63, 3.8) is 0 Å². The smallest absolute Gasteiger partial charge is 0.123 e. The normalized spacial score (nSPS) is 18.2. The molecule has 1 aliphatic heterocycles. The van der Waals surface area contributed by atoms with E-state index in [0.29, 0.717) is 6.54 Å². The number of rotatable bonds is 1. The molecule has 2 nitrogen and oxygen atoms in total. The lowest BCUT2D eigenvalue weighted by Gasteiger charge is -2.07. The van der Waals surface area contributed by atoms with Crippen molar-refractivity contribution in [1.82, 2.24) is 0 Å². The second-order valence-electron chi connectivity index (χ2n) is 4.14. The molecule has 92 valence electrons. The zero-order valence-electron chi connectivity index (χ0n) is 10.8. The Morgan fingerprint density at radius 1 is 1.24 bits per heavy atom. The summed E-state index contributed by atoms with van der Waals surface area (Å²) in [6.45, 7) is 5.47. The third-order valence-corrected chi connectivity index (χ3v) is 3.31. The van der Waals surface area contributed by atoms with Gasteiger partial charge in [0.05, 0.1) is 6.61 Å². The second-order valence-corrected chi connectivity index (χ2v) is 4.14. The first kappa shape index (κ1) is 12.2. The lowest BCUT2D eigenvalue weighted by molar-refractivity contribution is 0.357. The van der Waals surface area contributed by atoms with Crippen LogP contribution in [0, 0.1) is 0 Å². The highest BCUT2D eigenvalue weighted by Gasteiger charge is 2.24. The maximum atomic E-state index is 5.60. The largest absolute Gasteiger partial charge is 0.493 e. The number of fused-ring (bicyclic) bond motifs is 3. The van der Waals surface area contributed by atoms with Gasteiger partial charge in [0.15, 0.2) is 0 Å². The predicted molar refractivity (Wildman–Crippen MR) is 72.3 cm³/mol. The molecule has 0 spiro atoms. The van der Waals surface area contributed by atoms with Crippen molar-refractivity contribution in [2.75, 3.05) is 13.2 Å². The van der Waals surface area contributed by atoms with Gasteiger partial charge in [-0.05, 0) is 35.6 Å². The van der Waals surface area contributed by atoms with Crippen molar-refractivity contribution in [3.8, 4) is 5.75 Å². The molecule has 3 rings (SSSR count). The average Bonchev–Trinajstić information content (AvgIpc) is 2.97. The molecule has 0 amide bonds. The Morgan fingerprint density at radius 3 is 2.82 bits per heavy atom. The first-order valence-electron chi connectivity index (χ1n) is 6.57. The van der Waals surface area contributed by atoms with E-state index in [1.165, 1.54) is 22.3 Å². The van der Waals surface area contributed by atoms with Crippen LogP contribution in [0.25, 0.3) is 5.57 Å². The van der Waals surface area contributed by atoms with Gasteiger partial charge >= 0.3 is 0 Å². The summed E-state index contributed by atoms with van der Waals surface area (Å²) >= 11 is 0. The number of benzene rings is 1. The fraction of sp³-hybridized carbons (Fsp3) is 0.467. The Balaban J connectivity index is 0.000000514. The summed E-state index contributed by atoms with van der Waals surface area (Å²) in [6, 6.07) is 4.32. The standard InChI is InChI=1S/C13H15NO.C2H6/c14-7-5-10-2-1-9-3-4-12-11(13(9)10)6-8-15-12;1-2/h3-5H,1-2,6-8,14H2;1-2H3/b10-5+;. The molecule has 0 fully saturated rings. The highest BCUT2D eigenvalue weighted by atomic mass is 16.5. The highest BCUT2D eigenvalue weighted by Crippen LogP contribution is 2.40. The molecule has 0 unspecified atom stereocenters. The van der Waals surface area contributed by atoms with Gasteiger partial charge in [0.2, 0.25) is 0 Å². The van der Waals surface area contributed by atoms with Gasteiger partial charge in [0, 0.05) is 18.5 Å². The Bertz CT molecular complexity index is 435. The summed E-state index contributed by atoms with van der Waals surface area (Å²) in [7, 11) is 0. The summed E-state index contributed by atoms with van der Waals surface area (Å²) in [4.78, 5) is 0. The van der Waals surface area contributed by atoms with Crippen LogP contribution >= 0.6 is 0 Å².